The average Bonchev–Trinajstić information content (AvgIpc) is 1.65. The summed E-state index contributed by atoms with van der Waals surface area (Å²) in [7, 11) is 0. The molecule has 0 saturated carbocycles. The van der Waals surface area contributed by atoms with E-state index in [4.69, 9.17) is 10.9 Å². The fraction of sp³-hybridized carbons (Fsp3) is 0.800. The van der Waals surface area contributed by atoms with Crippen molar-refractivity contribution in [1.82, 2.24) is 0 Å². The third kappa shape index (κ3) is 3.46. The van der Waals surface area contributed by atoms with Crippen LogP contribution in [-0.4, -0.2) is 5.84 Å². The van der Waals surface area contributed by atoms with Crippen LogP contribution in [0.2, 0.25) is 0 Å². The summed E-state index contributed by atoms with van der Waals surface area (Å²) < 4.78 is 0. The Morgan fingerprint density at radius 2 is 2.12 bits per heavy atom. The molecule has 0 unspecified atom stereocenters. The number of hydrogen-bond donors (Lipinski definition) is 2. The molecule has 0 aromatic heterocycles. The van der Waals surface area contributed by atoms with Gasteiger partial charge in [-0.25, -0.2) is 5.53 Å². The lowest BCUT2D eigenvalue weighted by atomic mass is 10.1. The van der Waals surface area contributed by atoms with Crippen LogP contribution in [0, 0.1) is 16.9 Å². The molecule has 0 aliphatic heterocycles. The average molecular weight is 113 g/mol. The molecule has 0 atom stereocenters. The largest absolute Gasteiger partial charge is 0.285 e. The number of rotatable bonds is 2. The Balaban J connectivity index is 3.39. The molecule has 0 aromatic carbocycles. The maximum absolute atomic E-state index is 6.91. The molecule has 0 heterocycles. The van der Waals surface area contributed by atoms with Crippen molar-refractivity contribution in [3.63, 3.8) is 0 Å². The molecule has 0 bridgehead atoms. The first kappa shape index (κ1) is 7.27. The Labute approximate surface area is 49.1 Å². The van der Waals surface area contributed by atoms with Crippen molar-refractivity contribution in [1.29, 1.82) is 10.9 Å². The molecule has 0 amide bonds. The molecule has 0 aliphatic carbocycles. The van der Waals surface area contributed by atoms with Crippen LogP contribution in [0.5, 0.6) is 0 Å². The molecule has 0 spiro atoms. The van der Waals surface area contributed by atoms with Gasteiger partial charge in [0, 0.05) is 6.42 Å². The summed E-state index contributed by atoms with van der Waals surface area (Å²) in [6.45, 7) is 4.00. The van der Waals surface area contributed by atoms with Crippen molar-refractivity contribution in [2.24, 2.45) is 11.0 Å². The zero-order valence-corrected chi connectivity index (χ0v) is 5.23. The molecule has 0 rings (SSSR count). The maximum Gasteiger partial charge on any atom is 0.142 e. The van der Waals surface area contributed by atoms with E-state index in [1.807, 2.05) is 13.8 Å². The minimum Gasteiger partial charge on any atom is -0.285 e. The van der Waals surface area contributed by atoms with Crippen molar-refractivity contribution in [3.05, 3.63) is 0 Å². The summed E-state index contributed by atoms with van der Waals surface area (Å²) in [4.78, 5) is 0. The Morgan fingerprint density at radius 3 is 2.25 bits per heavy atom. The van der Waals surface area contributed by atoms with Crippen LogP contribution in [0.25, 0.3) is 0 Å². The lowest BCUT2D eigenvalue weighted by Gasteiger charge is -1.97. The third-order valence-electron chi connectivity index (χ3n) is 0.737. The van der Waals surface area contributed by atoms with Crippen LogP contribution in [0.15, 0.2) is 5.11 Å². The fourth-order valence-corrected chi connectivity index (χ4v) is 0.432. The van der Waals surface area contributed by atoms with E-state index < -0.39 is 0 Å². The lowest BCUT2D eigenvalue weighted by molar-refractivity contribution is 0.676. The molecule has 3 nitrogen and oxygen atoms in total. The Hall–Kier alpha value is -0.730. The van der Waals surface area contributed by atoms with Crippen LogP contribution in [0.4, 0.5) is 0 Å². The van der Waals surface area contributed by atoms with E-state index in [0.29, 0.717) is 12.3 Å². The quantitative estimate of drug-likeness (QED) is 0.313. The minimum absolute atomic E-state index is 0.167. The predicted octanol–water partition coefficient (Wildman–Crippen LogP) is 2.04. The van der Waals surface area contributed by atoms with E-state index >= 15 is 0 Å². The van der Waals surface area contributed by atoms with Crippen LogP contribution >= 0.6 is 0 Å². The molecule has 0 saturated heterocycles. The second-order valence-electron chi connectivity index (χ2n) is 2.16. The van der Waals surface area contributed by atoms with E-state index in [1.165, 1.54) is 0 Å². The summed E-state index contributed by atoms with van der Waals surface area (Å²) in [5, 5.41) is 9.88. The van der Waals surface area contributed by atoms with Gasteiger partial charge in [-0.2, -0.15) is 0 Å². The fourth-order valence-electron chi connectivity index (χ4n) is 0.432. The third-order valence-corrected chi connectivity index (χ3v) is 0.737. The van der Waals surface area contributed by atoms with Gasteiger partial charge in [0.05, 0.1) is 0 Å². The predicted molar refractivity (Wildman–Crippen MR) is 32.3 cm³/mol. The maximum atomic E-state index is 6.91. The number of hydrogen-bond acceptors (Lipinski definition) is 2. The van der Waals surface area contributed by atoms with E-state index in [9.17, 15) is 0 Å². The van der Waals surface area contributed by atoms with Crippen molar-refractivity contribution < 1.29 is 0 Å². The van der Waals surface area contributed by atoms with E-state index in [-0.39, 0.29) is 5.84 Å². The normalized spacial score (nSPS) is 9.38. The highest BCUT2D eigenvalue weighted by atomic mass is 15.0. The first-order valence-electron chi connectivity index (χ1n) is 2.61. The molecule has 0 aromatic rings. The number of nitrogens with zero attached hydrogens (tertiary/aromatic N) is 1. The van der Waals surface area contributed by atoms with Gasteiger partial charge in [0.1, 0.15) is 5.84 Å². The van der Waals surface area contributed by atoms with Crippen molar-refractivity contribution in [3.8, 4) is 0 Å². The molecular formula is C5H11N3. The Bertz CT molecular complexity index is 95.8. The second-order valence-corrected chi connectivity index (χ2v) is 2.16. The molecule has 0 fully saturated rings. The molecule has 0 aliphatic rings. The van der Waals surface area contributed by atoms with E-state index in [0.717, 1.165) is 0 Å². The highest BCUT2D eigenvalue weighted by Crippen LogP contribution is 1.99. The SMILES string of the molecule is CC(C)CC(=N)N=N. The second kappa shape index (κ2) is 3.29. The first-order valence-corrected chi connectivity index (χ1v) is 2.61. The summed E-state index contributed by atoms with van der Waals surface area (Å²) >= 11 is 0. The molecule has 2 N–H and O–H groups in total. The van der Waals surface area contributed by atoms with Crippen LogP contribution in [0.1, 0.15) is 20.3 Å². The van der Waals surface area contributed by atoms with Gasteiger partial charge in [0.25, 0.3) is 0 Å². The molecule has 8 heavy (non-hydrogen) atoms. The van der Waals surface area contributed by atoms with Gasteiger partial charge >= 0.3 is 0 Å². The van der Waals surface area contributed by atoms with Crippen molar-refractivity contribution in [2.45, 2.75) is 20.3 Å². The van der Waals surface area contributed by atoms with Gasteiger partial charge < -0.3 is 0 Å². The summed E-state index contributed by atoms with van der Waals surface area (Å²) in [5.41, 5.74) is 6.40. The monoisotopic (exact) mass is 113 g/mol. The summed E-state index contributed by atoms with van der Waals surface area (Å²) in [6, 6.07) is 0. The minimum atomic E-state index is 0.167. The zero-order chi connectivity index (χ0) is 6.57. The number of nitrogens with one attached hydrogen (secondary N) is 2. The molecule has 46 valence electrons. The van der Waals surface area contributed by atoms with E-state index in [1.54, 1.807) is 0 Å². The van der Waals surface area contributed by atoms with Gasteiger partial charge in [0.15, 0.2) is 0 Å². The van der Waals surface area contributed by atoms with Gasteiger partial charge in [-0.05, 0) is 5.92 Å². The zero-order valence-electron chi connectivity index (χ0n) is 5.23. The highest BCUT2D eigenvalue weighted by molar-refractivity contribution is 5.78. The Morgan fingerprint density at radius 1 is 1.62 bits per heavy atom. The summed E-state index contributed by atoms with van der Waals surface area (Å²) in [5.74, 6) is 0.608. The van der Waals surface area contributed by atoms with Gasteiger partial charge in [-0.3, -0.25) is 5.41 Å². The van der Waals surface area contributed by atoms with E-state index in [2.05, 4.69) is 5.11 Å². The van der Waals surface area contributed by atoms with Crippen LogP contribution < -0.4 is 0 Å². The first-order chi connectivity index (χ1) is 3.66. The van der Waals surface area contributed by atoms with Crippen LogP contribution in [0.3, 0.4) is 0 Å². The standard InChI is InChI=1S/C5H11N3/c1-4(2)3-5(6)8-7/h4,6-7H,3H2,1-2H3. The molecular weight excluding hydrogens is 102 g/mol. The van der Waals surface area contributed by atoms with Gasteiger partial charge in [-0.1, -0.05) is 13.8 Å². The number of amidine groups is 1. The lowest BCUT2D eigenvalue weighted by Crippen LogP contribution is -1.96. The Kier molecular flexibility index (Phi) is 2.99. The van der Waals surface area contributed by atoms with Gasteiger partial charge in [-0.15, -0.1) is 5.11 Å². The highest BCUT2D eigenvalue weighted by Gasteiger charge is 1.96. The molecule has 3 heteroatoms. The molecule has 0 radical (unpaired) electrons. The smallest absolute Gasteiger partial charge is 0.142 e. The van der Waals surface area contributed by atoms with Crippen LogP contribution in [-0.2, 0) is 0 Å². The van der Waals surface area contributed by atoms with Crippen molar-refractivity contribution >= 4 is 5.84 Å². The topological polar surface area (TPSA) is 60.1 Å². The van der Waals surface area contributed by atoms with Crippen molar-refractivity contribution in [2.75, 3.05) is 0 Å². The summed E-state index contributed by atoms with van der Waals surface area (Å²) in [6.07, 6.45) is 0.615. The van der Waals surface area contributed by atoms with Gasteiger partial charge in [0.2, 0.25) is 0 Å².